The molecule has 0 aliphatic carbocycles. The van der Waals surface area contributed by atoms with Crippen molar-refractivity contribution in [1.29, 1.82) is 0 Å². The Labute approximate surface area is 54.0 Å². The molecule has 0 saturated heterocycles. The Balaban J connectivity index is 3.44. The Morgan fingerprint density at radius 3 is 2.75 bits per heavy atom. The largest absolute Gasteiger partial charge is 0.103 e. The van der Waals surface area contributed by atoms with Crippen LogP contribution in [0.5, 0.6) is 0 Å². The summed E-state index contributed by atoms with van der Waals surface area (Å²) in [4.78, 5) is 0. The molecule has 0 N–H and O–H groups in total. The van der Waals surface area contributed by atoms with Gasteiger partial charge in [0.15, 0.2) is 0 Å². The van der Waals surface area contributed by atoms with Gasteiger partial charge in [0.25, 0.3) is 0 Å². The maximum atomic E-state index is 7.15. The summed E-state index contributed by atoms with van der Waals surface area (Å²) in [5.74, 6) is 0. The highest BCUT2D eigenvalue weighted by Gasteiger charge is 2.06. The fourth-order valence-corrected chi connectivity index (χ4v) is 0.493. The van der Waals surface area contributed by atoms with Crippen LogP contribution in [-0.4, -0.2) is 0 Å². The molecule has 0 fully saturated rings. The Hall–Kier alpha value is -0.260. The van der Waals surface area contributed by atoms with Gasteiger partial charge in [0.2, 0.25) is 0 Å². The normalized spacial score (nSPS) is 13.0. The van der Waals surface area contributed by atoms with Crippen LogP contribution in [0, 0.1) is 5.41 Å². The van der Waals surface area contributed by atoms with Crippen molar-refractivity contribution in [2.75, 3.05) is 0 Å². The summed E-state index contributed by atoms with van der Waals surface area (Å²) in [5.41, 5.74) is 0.189. The first-order valence-electron chi connectivity index (χ1n) is 3.73. The fourth-order valence-electron chi connectivity index (χ4n) is 0.493. The van der Waals surface area contributed by atoms with Crippen LogP contribution in [-0.2, 0) is 0 Å². The average Bonchev–Trinajstić information content (AvgIpc) is 1.84. The molecule has 0 aromatic carbocycles. The van der Waals surface area contributed by atoms with E-state index in [1.54, 1.807) is 0 Å². The minimum Gasteiger partial charge on any atom is -0.103 e. The van der Waals surface area contributed by atoms with E-state index in [0.29, 0.717) is 6.90 Å². The van der Waals surface area contributed by atoms with Crippen LogP contribution in [0.2, 0.25) is 0 Å². The van der Waals surface area contributed by atoms with E-state index in [2.05, 4.69) is 20.4 Å². The van der Waals surface area contributed by atoms with E-state index in [1.807, 2.05) is 6.08 Å². The van der Waals surface area contributed by atoms with Crippen molar-refractivity contribution in [1.82, 2.24) is 0 Å². The fraction of sp³-hybridized carbons (Fsp3) is 0.750. The first-order valence-corrected chi connectivity index (χ1v) is 3.02. The lowest BCUT2D eigenvalue weighted by Crippen LogP contribution is -2.02. The first kappa shape index (κ1) is 5.87. The van der Waals surface area contributed by atoms with Crippen LogP contribution < -0.4 is 0 Å². The zero-order valence-electron chi connectivity index (χ0n) is 6.91. The highest BCUT2D eigenvalue weighted by molar-refractivity contribution is 4.71. The first-order chi connectivity index (χ1) is 4.12. The zero-order chi connectivity index (χ0) is 7.33. The number of allylic oxidation sites excluding steroid dienone is 1. The SMILES string of the molecule is [2H]CC(C)(C)CCC=C. The third kappa shape index (κ3) is 5.74. The number of hydrogen-bond acceptors (Lipinski definition) is 0. The van der Waals surface area contributed by atoms with Crippen LogP contribution in [0.15, 0.2) is 12.7 Å². The second-order valence-electron chi connectivity index (χ2n) is 2.99. The Morgan fingerprint density at radius 1 is 1.75 bits per heavy atom. The second kappa shape index (κ2) is 2.91. The van der Waals surface area contributed by atoms with Gasteiger partial charge in [-0.1, -0.05) is 26.8 Å². The van der Waals surface area contributed by atoms with Crippen LogP contribution in [0.4, 0.5) is 0 Å². The minimum atomic E-state index is 0.189. The van der Waals surface area contributed by atoms with Crippen molar-refractivity contribution in [3.05, 3.63) is 12.7 Å². The van der Waals surface area contributed by atoms with Gasteiger partial charge in [-0.2, -0.15) is 0 Å². The van der Waals surface area contributed by atoms with Gasteiger partial charge in [-0.15, -0.1) is 6.58 Å². The molecule has 0 rings (SSSR count). The highest BCUT2D eigenvalue weighted by Crippen LogP contribution is 2.20. The van der Waals surface area contributed by atoms with Gasteiger partial charge >= 0.3 is 0 Å². The van der Waals surface area contributed by atoms with E-state index < -0.39 is 0 Å². The lowest BCUT2D eigenvalue weighted by molar-refractivity contribution is 0.381. The molecular formula is C8H16. The summed E-state index contributed by atoms with van der Waals surface area (Å²) in [7, 11) is 0. The van der Waals surface area contributed by atoms with E-state index in [4.69, 9.17) is 1.37 Å². The topological polar surface area (TPSA) is 0 Å². The van der Waals surface area contributed by atoms with Crippen LogP contribution in [0.3, 0.4) is 0 Å². The standard InChI is InChI=1S/C8H16/c1-5-6-7-8(2,3)4/h5H,1,6-7H2,2-4H3/i2D. The summed E-state index contributed by atoms with van der Waals surface area (Å²) in [6, 6.07) is 0. The maximum Gasteiger partial charge on any atom is 0.0236 e. The molecule has 0 heterocycles. The number of rotatable bonds is 2. The van der Waals surface area contributed by atoms with E-state index in [1.165, 1.54) is 0 Å². The van der Waals surface area contributed by atoms with Gasteiger partial charge in [0, 0.05) is 1.37 Å². The van der Waals surface area contributed by atoms with Crippen molar-refractivity contribution in [3.8, 4) is 0 Å². The van der Waals surface area contributed by atoms with E-state index in [9.17, 15) is 0 Å². The molecule has 8 heavy (non-hydrogen) atoms. The van der Waals surface area contributed by atoms with Gasteiger partial charge in [-0.3, -0.25) is 0 Å². The smallest absolute Gasteiger partial charge is 0.0236 e. The molecule has 0 saturated carbocycles. The van der Waals surface area contributed by atoms with Crippen molar-refractivity contribution in [2.45, 2.75) is 33.6 Å². The van der Waals surface area contributed by atoms with Gasteiger partial charge in [0.1, 0.15) is 0 Å². The molecule has 0 amide bonds. The molecule has 0 aromatic heterocycles. The Bertz CT molecular complexity index is 84.6. The van der Waals surface area contributed by atoms with E-state index in [-0.39, 0.29) is 5.41 Å². The summed E-state index contributed by atoms with van der Waals surface area (Å²) in [6.07, 6.45) is 4.03. The molecule has 0 spiro atoms. The molecular weight excluding hydrogens is 96.1 g/mol. The lowest BCUT2D eigenvalue weighted by atomic mass is 9.91. The van der Waals surface area contributed by atoms with E-state index in [0.717, 1.165) is 12.8 Å². The van der Waals surface area contributed by atoms with Crippen molar-refractivity contribution < 1.29 is 1.37 Å². The maximum absolute atomic E-state index is 7.15. The minimum absolute atomic E-state index is 0.189. The van der Waals surface area contributed by atoms with Crippen LogP contribution in [0.1, 0.15) is 35.0 Å². The molecule has 0 heteroatoms. The second-order valence-corrected chi connectivity index (χ2v) is 2.99. The molecule has 0 atom stereocenters. The van der Waals surface area contributed by atoms with Gasteiger partial charge in [-0.25, -0.2) is 0 Å². The van der Waals surface area contributed by atoms with Crippen molar-refractivity contribution in [2.24, 2.45) is 5.41 Å². The summed E-state index contributed by atoms with van der Waals surface area (Å²) in [5, 5.41) is 0. The summed E-state index contributed by atoms with van der Waals surface area (Å²) in [6.45, 7) is 8.38. The molecule has 0 aliphatic rings. The molecule has 0 unspecified atom stereocenters. The molecule has 0 radical (unpaired) electrons. The predicted octanol–water partition coefficient (Wildman–Crippen LogP) is 3.00. The Kier molecular flexibility index (Phi) is 2.13. The van der Waals surface area contributed by atoms with Crippen LogP contribution >= 0.6 is 0 Å². The predicted molar refractivity (Wildman–Crippen MR) is 38.9 cm³/mol. The third-order valence-electron chi connectivity index (χ3n) is 1.03. The van der Waals surface area contributed by atoms with Crippen molar-refractivity contribution in [3.63, 3.8) is 0 Å². The quantitative estimate of drug-likeness (QED) is 0.483. The lowest BCUT2D eigenvalue weighted by Gasteiger charge is -2.15. The molecule has 0 aromatic rings. The molecule has 48 valence electrons. The van der Waals surface area contributed by atoms with Crippen LogP contribution in [0.25, 0.3) is 0 Å². The highest BCUT2D eigenvalue weighted by atomic mass is 14.1. The van der Waals surface area contributed by atoms with Crippen molar-refractivity contribution >= 4 is 0 Å². The average molecular weight is 113 g/mol. The van der Waals surface area contributed by atoms with E-state index >= 15 is 0 Å². The molecule has 0 aliphatic heterocycles. The monoisotopic (exact) mass is 113 g/mol. The van der Waals surface area contributed by atoms with Gasteiger partial charge in [-0.05, 0) is 18.3 Å². The van der Waals surface area contributed by atoms with Gasteiger partial charge in [0.05, 0.1) is 0 Å². The summed E-state index contributed by atoms with van der Waals surface area (Å²) >= 11 is 0. The number of hydrogen-bond donors (Lipinski definition) is 0. The molecule has 0 bridgehead atoms. The summed E-state index contributed by atoms with van der Waals surface area (Å²) < 4.78 is 7.15. The van der Waals surface area contributed by atoms with Gasteiger partial charge < -0.3 is 0 Å². The third-order valence-corrected chi connectivity index (χ3v) is 1.03. The zero-order valence-corrected chi connectivity index (χ0v) is 5.91. The Morgan fingerprint density at radius 2 is 2.38 bits per heavy atom. The molecule has 0 nitrogen and oxygen atoms in total.